The van der Waals surface area contributed by atoms with Gasteiger partial charge in [-0.3, -0.25) is 4.79 Å². The van der Waals surface area contributed by atoms with Crippen LogP contribution in [0.3, 0.4) is 0 Å². The van der Waals surface area contributed by atoms with E-state index < -0.39 is 24.5 Å². The van der Waals surface area contributed by atoms with Gasteiger partial charge in [0.1, 0.15) is 6.10 Å². The Kier molecular flexibility index (Phi) is 6.41. The smallest absolute Gasteiger partial charge is 0.334 e. The predicted molar refractivity (Wildman–Crippen MR) is 57.8 cm³/mol. The molecule has 5 heteroatoms. The Bertz CT molecular complexity index is 270. The highest BCUT2D eigenvalue weighted by Gasteiger charge is 2.20. The third-order valence-corrected chi connectivity index (χ3v) is 2.07. The van der Waals surface area contributed by atoms with Gasteiger partial charge in [-0.05, 0) is 5.92 Å². The van der Waals surface area contributed by atoms with E-state index in [2.05, 4.69) is 6.58 Å². The second kappa shape index (κ2) is 7.00. The van der Waals surface area contributed by atoms with Crippen LogP contribution in [-0.2, 0) is 14.3 Å². The lowest BCUT2D eigenvalue weighted by atomic mass is 10.0. The van der Waals surface area contributed by atoms with Gasteiger partial charge >= 0.3 is 11.9 Å². The number of aliphatic carboxylic acids is 1. The second-order valence-corrected chi connectivity index (χ2v) is 3.87. The summed E-state index contributed by atoms with van der Waals surface area (Å²) in [6.45, 7) is 6.98. The minimum absolute atomic E-state index is 0.0636. The standard InChI is InChI=1S/C11H18O5/c1-7(2)9(4-5-12)16-11(15)8(3)6-10(13)14/h7,9,12H,3-6H2,1-2H3,(H,13,14). The van der Waals surface area contributed by atoms with Crippen molar-refractivity contribution in [2.45, 2.75) is 32.8 Å². The molecule has 0 amide bonds. The Morgan fingerprint density at radius 3 is 2.31 bits per heavy atom. The predicted octanol–water partition coefficient (Wildman–Crippen LogP) is 0.967. The normalized spacial score (nSPS) is 12.2. The minimum atomic E-state index is -1.12. The average molecular weight is 230 g/mol. The number of carboxylic acids is 1. The van der Waals surface area contributed by atoms with Gasteiger partial charge in [-0.1, -0.05) is 20.4 Å². The molecule has 0 rings (SSSR count). The van der Waals surface area contributed by atoms with Gasteiger partial charge in [-0.25, -0.2) is 4.79 Å². The molecule has 0 spiro atoms. The maximum absolute atomic E-state index is 11.4. The fraction of sp³-hybridized carbons (Fsp3) is 0.636. The van der Waals surface area contributed by atoms with Gasteiger partial charge in [-0.15, -0.1) is 0 Å². The van der Waals surface area contributed by atoms with Crippen LogP contribution in [0.4, 0.5) is 0 Å². The molecule has 16 heavy (non-hydrogen) atoms. The maximum atomic E-state index is 11.4. The summed E-state index contributed by atoms with van der Waals surface area (Å²) in [6, 6.07) is 0. The number of carboxylic acid groups (broad SMARTS) is 1. The highest BCUT2D eigenvalue weighted by atomic mass is 16.5. The molecule has 0 aliphatic carbocycles. The first-order chi connectivity index (χ1) is 7.38. The molecule has 1 unspecified atom stereocenters. The van der Waals surface area contributed by atoms with Crippen LogP contribution in [0.15, 0.2) is 12.2 Å². The lowest BCUT2D eigenvalue weighted by molar-refractivity contribution is -0.149. The molecule has 0 aliphatic rings. The highest BCUT2D eigenvalue weighted by Crippen LogP contribution is 2.13. The number of hydrogen-bond acceptors (Lipinski definition) is 4. The lowest BCUT2D eigenvalue weighted by Crippen LogP contribution is -2.26. The number of carbonyl (C=O) groups is 2. The monoisotopic (exact) mass is 230 g/mol. The number of rotatable bonds is 7. The van der Waals surface area contributed by atoms with E-state index in [0.29, 0.717) is 6.42 Å². The van der Waals surface area contributed by atoms with Crippen LogP contribution in [0.25, 0.3) is 0 Å². The molecule has 5 nitrogen and oxygen atoms in total. The molecule has 2 N–H and O–H groups in total. The van der Waals surface area contributed by atoms with E-state index in [4.69, 9.17) is 14.9 Å². The molecule has 0 bridgehead atoms. The molecule has 0 radical (unpaired) electrons. The maximum Gasteiger partial charge on any atom is 0.334 e. The Morgan fingerprint density at radius 1 is 1.38 bits per heavy atom. The number of esters is 1. The van der Waals surface area contributed by atoms with E-state index in [9.17, 15) is 9.59 Å². The van der Waals surface area contributed by atoms with Gasteiger partial charge in [0, 0.05) is 18.6 Å². The topological polar surface area (TPSA) is 83.8 Å². The molecular formula is C11H18O5. The van der Waals surface area contributed by atoms with E-state index in [0.717, 1.165) is 0 Å². The van der Waals surface area contributed by atoms with Crippen LogP contribution in [-0.4, -0.2) is 34.9 Å². The largest absolute Gasteiger partial charge is 0.481 e. The first-order valence-corrected chi connectivity index (χ1v) is 5.09. The quantitative estimate of drug-likeness (QED) is 0.503. The van der Waals surface area contributed by atoms with Crippen LogP contribution < -0.4 is 0 Å². The number of ether oxygens (including phenoxy) is 1. The van der Waals surface area contributed by atoms with Gasteiger partial charge in [0.2, 0.25) is 0 Å². The van der Waals surface area contributed by atoms with Gasteiger partial charge in [0.15, 0.2) is 0 Å². The molecule has 92 valence electrons. The van der Waals surface area contributed by atoms with Crippen LogP contribution in [0.5, 0.6) is 0 Å². The van der Waals surface area contributed by atoms with E-state index >= 15 is 0 Å². The summed E-state index contributed by atoms with van der Waals surface area (Å²) in [6.07, 6.45) is -0.505. The van der Waals surface area contributed by atoms with Crippen LogP contribution in [0.1, 0.15) is 26.7 Å². The van der Waals surface area contributed by atoms with Crippen molar-refractivity contribution in [3.8, 4) is 0 Å². The van der Waals surface area contributed by atoms with Crippen molar-refractivity contribution in [3.63, 3.8) is 0 Å². The first-order valence-electron chi connectivity index (χ1n) is 5.09. The van der Waals surface area contributed by atoms with Crippen molar-refractivity contribution in [1.82, 2.24) is 0 Å². The fourth-order valence-electron chi connectivity index (χ4n) is 1.13. The van der Waals surface area contributed by atoms with Crippen LogP contribution in [0.2, 0.25) is 0 Å². The molecule has 0 aromatic carbocycles. The van der Waals surface area contributed by atoms with Gasteiger partial charge in [0.25, 0.3) is 0 Å². The molecule has 0 heterocycles. The van der Waals surface area contributed by atoms with Crippen molar-refractivity contribution in [3.05, 3.63) is 12.2 Å². The second-order valence-electron chi connectivity index (χ2n) is 3.87. The Hall–Kier alpha value is -1.36. The Labute approximate surface area is 94.7 Å². The van der Waals surface area contributed by atoms with Crippen LogP contribution >= 0.6 is 0 Å². The zero-order valence-corrected chi connectivity index (χ0v) is 9.60. The fourth-order valence-corrected chi connectivity index (χ4v) is 1.13. The van der Waals surface area contributed by atoms with Crippen molar-refractivity contribution < 1.29 is 24.5 Å². The molecular weight excluding hydrogens is 212 g/mol. The zero-order valence-electron chi connectivity index (χ0n) is 9.60. The lowest BCUT2D eigenvalue weighted by Gasteiger charge is -2.20. The van der Waals surface area contributed by atoms with E-state index in [1.165, 1.54) is 0 Å². The summed E-state index contributed by atoms with van der Waals surface area (Å²) in [4.78, 5) is 21.8. The Morgan fingerprint density at radius 2 is 1.94 bits per heavy atom. The number of aliphatic hydroxyl groups excluding tert-OH is 1. The van der Waals surface area contributed by atoms with Gasteiger partial charge < -0.3 is 14.9 Å². The number of carbonyl (C=O) groups excluding carboxylic acids is 1. The highest BCUT2D eigenvalue weighted by molar-refractivity contribution is 5.92. The first kappa shape index (κ1) is 14.6. The van der Waals surface area contributed by atoms with Crippen molar-refractivity contribution in [2.75, 3.05) is 6.61 Å². The van der Waals surface area contributed by atoms with Crippen molar-refractivity contribution >= 4 is 11.9 Å². The minimum Gasteiger partial charge on any atom is -0.481 e. The van der Waals surface area contributed by atoms with Crippen LogP contribution in [0, 0.1) is 5.92 Å². The summed E-state index contributed by atoms with van der Waals surface area (Å²) < 4.78 is 5.05. The van der Waals surface area contributed by atoms with E-state index in [-0.39, 0.29) is 18.1 Å². The summed E-state index contributed by atoms with van der Waals surface area (Å²) in [7, 11) is 0. The Balaban J connectivity index is 4.28. The number of aliphatic hydroxyl groups is 1. The molecule has 0 saturated carbocycles. The molecule has 0 aliphatic heterocycles. The molecule has 0 aromatic heterocycles. The summed E-state index contributed by atoms with van der Waals surface area (Å²) >= 11 is 0. The van der Waals surface area contributed by atoms with Gasteiger partial charge in [0.05, 0.1) is 6.42 Å². The molecule has 1 atom stereocenters. The molecule has 0 aromatic rings. The molecule has 0 fully saturated rings. The zero-order chi connectivity index (χ0) is 12.7. The summed E-state index contributed by atoms with van der Waals surface area (Å²) in [5, 5.41) is 17.2. The third kappa shape index (κ3) is 5.50. The third-order valence-electron chi connectivity index (χ3n) is 2.07. The van der Waals surface area contributed by atoms with E-state index in [1.807, 2.05) is 13.8 Å². The number of hydrogen-bond donors (Lipinski definition) is 2. The van der Waals surface area contributed by atoms with Gasteiger partial charge in [-0.2, -0.15) is 0 Å². The SMILES string of the molecule is C=C(CC(=O)O)C(=O)OC(CCO)C(C)C. The average Bonchev–Trinajstić information content (AvgIpc) is 2.15. The molecule has 0 saturated heterocycles. The summed E-state index contributed by atoms with van der Waals surface area (Å²) in [5.74, 6) is -1.77. The van der Waals surface area contributed by atoms with Crippen molar-refractivity contribution in [2.24, 2.45) is 5.92 Å². The summed E-state index contributed by atoms with van der Waals surface area (Å²) in [5.41, 5.74) is -0.0870. The van der Waals surface area contributed by atoms with E-state index in [1.54, 1.807) is 0 Å². The van der Waals surface area contributed by atoms with Crippen molar-refractivity contribution in [1.29, 1.82) is 0 Å².